The van der Waals surface area contributed by atoms with Crippen molar-refractivity contribution in [1.29, 1.82) is 0 Å². The Bertz CT molecular complexity index is 2030. The number of hydrogen-bond donors (Lipinski definition) is 0. The molecule has 8 nitrogen and oxygen atoms in total. The Labute approximate surface area is 246 Å². The van der Waals surface area contributed by atoms with Gasteiger partial charge in [0.15, 0.2) is 0 Å². The van der Waals surface area contributed by atoms with Crippen molar-refractivity contribution in [3.05, 3.63) is 133 Å². The standard InChI is InChI=1S/C33H29N5O3S/c1-3-4-17-41-26-15-16-27(22(2)18-26)30-24(21-37(36-30)25-13-9-6-10-14-25)20-29-32(40)38-33(42-29)34-31(39)28(35-38)19-23-11-7-5-8-12-23/h5-16,18,20-21H,3-4,17,19H2,1-2H3. The van der Waals surface area contributed by atoms with Gasteiger partial charge >= 0.3 is 0 Å². The van der Waals surface area contributed by atoms with Gasteiger partial charge in [0.05, 0.1) is 16.8 Å². The van der Waals surface area contributed by atoms with Gasteiger partial charge in [-0.2, -0.15) is 19.7 Å². The number of thiazole rings is 1. The minimum atomic E-state index is -0.430. The highest BCUT2D eigenvalue weighted by atomic mass is 32.1. The number of unbranched alkanes of at least 4 members (excludes halogenated alkanes) is 1. The minimum Gasteiger partial charge on any atom is -0.494 e. The van der Waals surface area contributed by atoms with E-state index in [2.05, 4.69) is 17.0 Å². The van der Waals surface area contributed by atoms with E-state index in [4.69, 9.17) is 9.84 Å². The summed E-state index contributed by atoms with van der Waals surface area (Å²) in [7, 11) is 0. The van der Waals surface area contributed by atoms with E-state index in [0.29, 0.717) is 17.6 Å². The molecule has 210 valence electrons. The zero-order valence-electron chi connectivity index (χ0n) is 23.4. The van der Waals surface area contributed by atoms with E-state index in [1.54, 1.807) is 10.8 Å². The van der Waals surface area contributed by atoms with Crippen LogP contribution in [0.2, 0.25) is 0 Å². The number of fused-ring (bicyclic) bond motifs is 1. The fraction of sp³-hybridized carbons (Fsp3) is 0.182. The van der Waals surface area contributed by atoms with Crippen LogP contribution in [0.25, 0.3) is 28.0 Å². The van der Waals surface area contributed by atoms with Crippen LogP contribution in [0.4, 0.5) is 0 Å². The van der Waals surface area contributed by atoms with Crippen LogP contribution in [-0.2, 0) is 6.42 Å². The number of benzene rings is 3. The van der Waals surface area contributed by atoms with Crippen LogP contribution < -0.4 is 20.4 Å². The second-order valence-electron chi connectivity index (χ2n) is 10.0. The van der Waals surface area contributed by atoms with Crippen molar-refractivity contribution in [2.75, 3.05) is 6.61 Å². The van der Waals surface area contributed by atoms with Crippen LogP contribution in [0.5, 0.6) is 5.75 Å². The molecule has 0 radical (unpaired) electrons. The average molecular weight is 576 g/mol. The lowest BCUT2D eigenvalue weighted by Gasteiger charge is -2.09. The largest absolute Gasteiger partial charge is 0.494 e. The lowest BCUT2D eigenvalue weighted by molar-refractivity contribution is 0.309. The van der Waals surface area contributed by atoms with Crippen molar-refractivity contribution < 1.29 is 4.74 Å². The van der Waals surface area contributed by atoms with Crippen LogP contribution in [0, 0.1) is 6.92 Å². The summed E-state index contributed by atoms with van der Waals surface area (Å²) in [5.74, 6) is 0.817. The molecule has 0 bridgehead atoms. The van der Waals surface area contributed by atoms with Crippen molar-refractivity contribution >= 4 is 22.4 Å². The molecule has 3 aromatic carbocycles. The van der Waals surface area contributed by atoms with Crippen molar-refractivity contribution in [3.63, 3.8) is 0 Å². The van der Waals surface area contributed by atoms with Crippen molar-refractivity contribution in [2.24, 2.45) is 0 Å². The Hall–Kier alpha value is -4.89. The zero-order chi connectivity index (χ0) is 29.1. The third-order valence-electron chi connectivity index (χ3n) is 6.93. The maximum Gasteiger partial charge on any atom is 0.296 e. The maximum absolute atomic E-state index is 13.5. The Morgan fingerprint density at radius 1 is 0.952 bits per heavy atom. The number of rotatable bonds is 9. The van der Waals surface area contributed by atoms with Crippen LogP contribution >= 0.6 is 11.3 Å². The molecule has 0 unspecified atom stereocenters. The van der Waals surface area contributed by atoms with Gasteiger partial charge in [0, 0.05) is 23.7 Å². The molecular formula is C33H29N5O3S. The lowest BCUT2D eigenvalue weighted by atomic mass is 10.0. The molecular weight excluding hydrogens is 546 g/mol. The highest BCUT2D eigenvalue weighted by molar-refractivity contribution is 7.15. The van der Waals surface area contributed by atoms with Crippen LogP contribution in [0.3, 0.4) is 0 Å². The van der Waals surface area contributed by atoms with Crippen LogP contribution in [0.15, 0.2) is 94.6 Å². The monoisotopic (exact) mass is 575 g/mol. The highest BCUT2D eigenvalue weighted by Crippen LogP contribution is 2.30. The average Bonchev–Trinajstić information content (AvgIpc) is 3.55. The van der Waals surface area contributed by atoms with Gasteiger partial charge in [0.25, 0.3) is 11.1 Å². The summed E-state index contributed by atoms with van der Waals surface area (Å²) in [6, 6.07) is 25.3. The molecule has 0 saturated carbocycles. The molecule has 6 aromatic rings. The molecule has 3 aromatic heterocycles. The first-order valence-electron chi connectivity index (χ1n) is 13.9. The van der Waals surface area contributed by atoms with E-state index < -0.39 is 5.56 Å². The summed E-state index contributed by atoms with van der Waals surface area (Å²) >= 11 is 1.14. The number of ether oxygens (including phenoxy) is 1. The number of hydrogen-bond acceptors (Lipinski definition) is 7. The van der Waals surface area contributed by atoms with Crippen molar-refractivity contribution in [1.82, 2.24) is 24.4 Å². The summed E-state index contributed by atoms with van der Waals surface area (Å²) in [6.07, 6.45) is 6.08. The van der Waals surface area contributed by atoms with E-state index in [9.17, 15) is 9.59 Å². The molecule has 3 heterocycles. The van der Waals surface area contributed by atoms with E-state index >= 15 is 0 Å². The predicted molar refractivity (Wildman–Crippen MR) is 166 cm³/mol. The van der Waals surface area contributed by atoms with Gasteiger partial charge in [-0.25, -0.2) is 4.68 Å². The zero-order valence-corrected chi connectivity index (χ0v) is 24.2. The summed E-state index contributed by atoms with van der Waals surface area (Å²) in [6.45, 7) is 4.84. The Morgan fingerprint density at radius 3 is 2.45 bits per heavy atom. The molecule has 0 saturated heterocycles. The van der Waals surface area contributed by atoms with Gasteiger partial charge in [-0.1, -0.05) is 73.2 Å². The Morgan fingerprint density at radius 2 is 1.71 bits per heavy atom. The highest BCUT2D eigenvalue weighted by Gasteiger charge is 2.16. The van der Waals surface area contributed by atoms with Crippen LogP contribution in [-0.4, -0.2) is 31.0 Å². The van der Waals surface area contributed by atoms with Crippen molar-refractivity contribution in [3.8, 4) is 22.7 Å². The molecule has 0 aliphatic rings. The maximum atomic E-state index is 13.5. The quantitative estimate of drug-likeness (QED) is 0.226. The topological polar surface area (TPSA) is 91.4 Å². The molecule has 0 fully saturated rings. The molecule has 0 N–H and O–H groups in total. The van der Waals surface area contributed by atoms with Crippen LogP contribution in [0.1, 0.15) is 42.1 Å². The number of para-hydroxylation sites is 1. The van der Waals surface area contributed by atoms with Crippen molar-refractivity contribution in [2.45, 2.75) is 33.1 Å². The normalized spacial score (nSPS) is 11.8. The smallest absolute Gasteiger partial charge is 0.296 e. The predicted octanol–water partition coefficient (Wildman–Crippen LogP) is 4.99. The second kappa shape index (κ2) is 11.9. The molecule has 9 heteroatoms. The van der Waals surface area contributed by atoms with Gasteiger partial charge in [-0.3, -0.25) is 9.59 Å². The third kappa shape index (κ3) is 5.64. The molecule has 0 spiro atoms. The second-order valence-corrected chi connectivity index (χ2v) is 11.0. The Balaban J connectivity index is 1.45. The first-order valence-corrected chi connectivity index (χ1v) is 14.7. The lowest BCUT2D eigenvalue weighted by Crippen LogP contribution is -2.28. The SMILES string of the molecule is CCCCOc1ccc(-c2nn(-c3ccccc3)cc2C=c2sc3nc(=O)c(Cc4ccccc4)nn3c2=O)c(C)c1. The summed E-state index contributed by atoms with van der Waals surface area (Å²) in [4.78, 5) is 30.7. The fourth-order valence-electron chi connectivity index (χ4n) is 4.72. The first-order chi connectivity index (χ1) is 20.5. The van der Waals surface area contributed by atoms with E-state index in [0.717, 1.165) is 63.6 Å². The molecule has 0 aliphatic carbocycles. The van der Waals surface area contributed by atoms with Gasteiger partial charge in [0.2, 0.25) is 4.96 Å². The van der Waals surface area contributed by atoms with Gasteiger partial charge < -0.3 is 4.74 Å². The number of aromatic nitrogens is 5. The molecule has 42 heavy (non-hydrogen) atoms. The van der Waals surface area contributed by atoms with Gasteiger partial charge in [-0.05, 0) is 60.9 Å². The van der Waals surface area contributed by atoms with Gasteiger partial charge in [-0.15, -0.1) is 0 Å². The molecule has 0 amide bonds. The summed E-state index contributed by atoms with van der Waals surface area (Å²) in [5.41, 5.74) is 4.73. The summed E-state index contributed by atoms with van der Waals surface area (Å²) < 4.78 is 9.36. The molecule has 6 rings (SSSR count). The first kappa shape index (κ1) is 27.3. The molecule has 0 aliphatic heterocycles. The molecule has 0 atom stereocenters. The van der Waals surface area contributed by atoms with E-state index in [-0.39, 0.29) is 16.2 Å². The number of nitrogens with zero attached hydrogens (tertiary/aromatic N) is 5. The Kier molecular flexibility index (Phi) is 7.74. The van der Waals surface area contributed by atoms with E-state index in [1.165, 1.54) is 4.52 Å². The van der Waals surface area contributed by atoms with Gasteiger partial charge in [0.1, 0.15) is 17.1 Å². The third-order valence-corrected chi connectivity index (χ3v) is 7.89. The minimum absolute atomic E-state index is 0.231. The van der Waals surface area contributed by atoms with E-state index in [1.807, 2.05) is 92.0 Å². The fourth-order valence-corrected chi connectivity index (χ4v) is 5.62. The summed E-state index contributed by atoms with van der Waals surface area (Å²) in [5, 5.41) is 9.34. The number of aryl methyl sites for hydroxylation is 1.